The molecule has 0 aliphatic rings. The molecule has 0 aliphatic heterocycles. The summed E-state index contributed by atoms with van der Waals surface area (Å²) in [6.07, 6.45) is 2.76. The second-order valence-electron chi connectivity index (χ2n) is 4.89. The molecule has 0 saturated carbocycles. The molecule has 1 N–H and O–H groups in total. The van der Waals surface area contributed by atoms with Gasteiger partial charge in [-0.2, -0.15) is 5.10 Å². The summed E-state index contributed by atoms with van der Waals surface area (Å²) in [5.41, 5.74) is 1.70. The molecule has 1 rings (SSSR count). The maximum absolute atomic E-state index is 10.6. The Morgan fingerprint density at radius 3 is 2.67 bits per heavy atom. The van der Waals surface area contributed by atoms with Crippen LogP contribution in [0.5, 0.6) is 0 Å². The molecular weight excluding hydrogens is 230 g/mol. The largest absolute Gasteiger partial charge is 0.478 e. The molecule has 18 heavy (non-hydrogen) atoms. The van der Waals surface area contributed by atoms with Crippen molar-refractivity contribution >= 4 is 17.9 Å². The summed E-state index contributed by atoms with van der Waals surface area (Å²) in [6.45, 7) is 7.07. The summed E-state index contributed by atoms with van der Waals surface area (Å²) in [4.78, 5) is 12.7. The average Bonchev–Trinajstić information content (AvgIpc) is 2.49. The maximum atomic E-state index is 10.6. The Bertz CT molecular complexity index is 461. The van der Waals surface area contributed by atoms with E-state index in [0.717, 1.165) is 29.7 Å². The van der Waals surface area contributed by atoms with Gasteiger partial charge in [0.1, 0.15) is 5.82 Å². The molecule has 0 aromatic carbocycles. The van der Waals surface area contributed by atoms with Gasteiger partial charge < -0.3 is 10.0 Å². The van der Waals surface area contributed by atoms with E-state index in [-0.39, 0.29) is 0 Å². The highest BCUT2D eigenvalue weighted by Gasteiger charge is 2.15. The Kier molecular flexibility index (Phi) is 4.53. The molecule has 0 fully saturated rings. The van der Waals surface area contributed by atoms with Gasteiger partial charge in [-0.15, -0.1) is 0 Å². The molecule has 0 spiro atoms. The predicted octanol–water partition coefficient (Wildman–Crippen LogP) is 1.92. The first-order valence-corrected chi connectivity index (χ1v) is 5.98. The fourth-order valence-electron chi connectivity index (χ4n) is 2.10. The molecule has 100 valence electrons. The molecule has 0 aliphatic carbocycles. The number of hydrogen-bond donors (Lipinski definition) is 1. The van der Waals surface area contributed by atoms with E-state index in [1.54, 1.807) is 10.8 Å². The van der Waals surface area contributed by atoms with Crippen molar-refractivity contribution < 1.29 is 9.90 Å². The summed E-state index contributed by atoms with van der Waals surface area (Å²) in [5, 5.41) is 13.1. The van der Waals surface area contributed by atoms with Crippen LogP contribution >= 0.6 is 0 Å². The number of nitrogens with zero attached hydrogens (tertiary/aromatic N) is 3. The van der Waals surface area contributed by atoms with E-state index < -0.39 is 5.97 Å². The van der Waals surface area contributed by atoms with Crippen molar-refractivity contribution in [3.8, 4) is 0 Å². The first kappa shape index (κ1) is 14.3. The van der Waals surface area contributed by atoms with Crippen molar-refractivity contribution in [2.45, 2.75) is 20.8 Å². The number of carbonyl (C=O) groups is 1. The van der Waals surface area contributed by atoms with Crippen molar-refractivity contribution in [1.29, 1.82) is 0 Å². The summed E-state index contributed by atoms with van der Waals surface area (Å²) in [5.74, 6) is 0.524. The second kappa shape index (κ2) is 5.71. The smallest absolute Gasteiger partial charge is 0.328 e. The van der Waals surface area contributed by atoms with Crippen LogP contribution in [-0.2, 0) is 11.8 Å². The van der Waals surface area contributed by atoms with Crippen LogP contribution in [0.1, 0.15) is 25.1 Å². The quantitative estimate of drug-likeness (QED) is 0.812. The molecule has 0 bridgehead atoms. The number of aromatic nitrogens is 2. The molecule has 1 aromatic heterocycles. The van der Waals surface area contributed by atoms with Gasteiger partial charge in [-0.1, -0.05) is 13.8 Å². The van der Waals surface area contributed by atoms with Gasteiger partial charge in [-0.05, 0) is 18.9 Å². The van der Waals surface area contributed by atoms with Crippen LogP contribution in [-0.4, -0.2) is 34.4 Å². The molecule has 0 atom stereocenters. The third-order valence-electron chi connectivity index (χ3n) is 2.63. The molecule has 1 heterocycles. The number of hydrogen-bond acceptors (Lipinski definition) is 3. The zero-order valence-corrected chi connectivity index (χ0v) is 11.6. The van der Waals surface area contributed by atoms with Gasteiger partial charge in [-0.3, -0.25) is 4.68 Å². The molecule has 0 unspecified atom stereocenters. The van der Waals surface area contributed by atoms with E-state index in [1.165, 1.54) is 0 Å². The van der Waals surface area contributed by atoms with Gasteiger partial charge in [0, 0.05) is 32.3 Å². The van der Waals surface area contributed by atoms with Crippen molar-refractivity contribution in [3.05, 3.63) is 17.3 Å². The Morgan fingerprint density at radius 2 is 2.17 bits per heavy atom. The van der Waals surface area contributed by atoms with Crippen molar-refractivity contribution in [1.82, 2.24) is 9.78 Å². The highest BCUT2D eigenvalue weighted by molar-refractivity contribution is 5.87. The fourth-order valence-corrected chi connectivity index (χ4v) is 2.10. The summed E-state index contributed by atoms with van der Waals surface area (Å²) < 4.78 is 1.79. The molecule has 0 radical (unpaired) electrons. The van der Waals surface area contributed by atoms with Gasteiger partial charge in [0.2, 0.25) is 0 Å². The number of anilines is 1. The first-order valence-electron chi connectivity index (χ1n) is 5.98. The Morgan fingerprint density at radius 1 is 1.56 bits per heavy atom. The Balaban J connectivity index is 3.13. The first-order chi connectivity index (χ1) is 8.32. The van der Waals surface area contributed by atoms with E-state index in [1.807, 2.05) is 21.0 Å². The van der Waals surface area contributed by atoms with E-state index in [0.29, 0.717) is 5.92 Å². The van der Waals surface area contributed by atoms with Gasteiger partial charge in [0.05, 0.1) is 5.69 Å². The van der Waals surface area contributed by atoms with Crippen molar-refractivity contribution in [2.24, 2.45) is 13.0 Å². The normalized spacial score (nSPS) is 11.4. The van der Waals surface area contributed by atoms with E-state index in [4.69, 9.17) is 5.11 Å². The third-order valence-corrected chi connectivity index (χ3v) is 2.63. The standard InChI is InChI=1S/C13H21N3O2/c1-9(2)8-15(4)13-11(6-7-12(17)18)10(3)14-16(13)5/h6-7,9H,8H2,1-5H3,(H,17,18)/b7-6+. The van der Waals surface area contributed by atoms with Crippen LogP contribution in [0.2, 0.25) is 0 Å². The summed E-state index contributed by atoms with van der Waals surface area (Å²) >= 11 is 0. The topological polar surface area (TPSA) is 58.4 Å². The van der Waals surface area contributed by atoms with Gasteiger partial charge in [-0.25, -0.2) is 4.79 Å². The lowest BCUT2D eigenvalue weighted by molar-refractivity contribution is -0.131. The van der Waals surface area contributed by atoms with Crippen LogP contribution in [0.25, 0.3) is 6.08 Å². The number of carboxylic acid groups (broad SMARTS) is 1. The van der Waals surface area contributed by atoms with Crippen LogP contribution in [0.3, 0.4) is 0 Å². The minimum atomic E-state index is -0.948. The van der Waals surface area contributed by atoms with Gasteiger partial charge in [0.25, 0.3) is 0 Å². The molecule has 0 amide bonds. The Hall–Kier alpha value is -1.78. The van der Waals surface area contributed by atoms with E-state index in [9.17, 15) is 4.79 Å². The number of aliphatic carboxylic acids is 1. The predicted molar refractivity (Wildman–Crippen MR) is 72.7 cm³/mol. The highest BCUT2D eigenvalue weighted by Crippen LogP contribution is 2.24. The number of aryl methyl sites for hydroxylation is 2. The van der Waals surface area contributed by atoms with Gasteiger partial charge >= 0.3 is 5.97 Å². The van der Waals surface area contributed by atoms with E-state index >= 15 is 0 Å². The lowest BCUT2D eigenvalue weighted by atomic mass is 10.2. The van der Waals surface area contributed by atoms with Crippen LogP contribution in [0.4, 0.5) is 5.82 Å². The van der Waals surface area contributed by atoms with Crippen LogP contribution < -0.4 is 4.90 Å². The van der Waals surface area contributed by atoms with Crippen molar-refractivity contribution in [2.75, 3.05) is 18.5 Å². The minimum absolute atomic E-state index is 0.529. The summed E-state index contributed by atoms with van der Waals surface area (Å²) in [6, 6.07) is 0. The molecule has 0 saturated heterocycles. The fraction of sp³-hybridized carbons (Fsp3) is 0.538. The number of rotatable bonds is 5. The molecule has 5 nitrogen and oxygen atoms in total. The minimum Gasteiger partial charge on any atom is -0.478 e. The maximum Gasteiger partial charge on any atom is 0.328 e. The zero-order chi connectivity index (χ0) is 13.9. The number of carboxylic acids is 1. The highest BCUT2D eigenvalue weighted by atomic mass is 16.4. The average molecular weight is 251 g/mol. The van der Waals surface area contributed by atoms with Crippen LogP contribution in [0.15, 0.2) is 6.08 Å². The van der Waals surface area contributed by atoms with E-state index in [2.05, 4.69) is 23.8 Å². The SMILES string of the molecule is Cc1nn(C)c(N(C)CC(C)C)c1/C=C/C(=O)O. The third kappa shape index (κ3) is 3.35. The molecule has 1 aromatic rings. The zero-order valence-electron chi connectivity index (χ0n) is 11.6. The van der Waals surface area contributed by atoms with Crippen LogP contribution in [0, 0.1) is 12.8 Å². The summed E-state index contributed by atoms with van der Waals surface area (Å²) in [7, 11) is 3.87. The van der Waals surface area contributed by atoms with Crippen molar-refractivity contribution in [3.63, 3.8) is 0 Å². The van der Waals surface area contributed by atoms with Gasteiger partial charge in [0.15, 0.2) is 0 Å². The lowest BCUT2D eigenvalue weighted by Gasteiger charge is -2.22. The monoisotopic (exact) mass is 251 g/mol. The molecular formula is C13H21N3O2. The Labute approximate surface area is 108 Å². The lowest BCUT2D eigenvalue weighted by Crippen LogP contribution is -2.25. The second-order valence-corrected chi connectivity index (χ2v) is 4.89. The molecule has 5 heteroatoms.